The number of benzene rings is 2. The van der Waals surface area contributed by atoms with Gasteiger partial charge in [0.25, 0.3) is 0 Å². The Labute approximate surface area is 94.1 Å². The van der Waals surface area contributed by atoms with Crippen molar-refractivity contribution in [3.05, 3.63) is 54.6 Å². The standard InChI is InChI=1S/C13H12N2O/c14-13-15(10-6-2-1-3-7-10)11-8-4-5-9-12(11)16-13/h1-9,13H,14H2. The van der Waals surface area contributed by atoms with Crippen molar-refractivity contribution < 1.29 is 4.74 Å². The zero-order valence-corrected chi connectivity index (χ0v) is 8.71. The first kappa shape index (κ1) is 9.24. The first-order chi connectivity index (χ1) is 7.86. The second-order valence-corrected chi connectivity index (χ2v) is 3.68. The molecular formula is C13H12N2O. The first-order valence-corrected chi connectivity index (χ1v) is 5.22. The van der Waals surface area contributed by atoms with Crippen molar-refractivity contribution in [1.29, 1.82) is 0 Å². The lowest BCUT2D eigenvalue weighted by atomic mass is 10.2. The van der Waals surface area contributed by atoms with Crippen LogP contribution in [-0.2, 0) is 0 Å². The van der Waals surface area contributed by atoms with Crippen molar-refractivity contribution in [2.24, 2.45) is 5.73 Å². The molecule has 0 fully saturated rings. The number of anilines is 2. The minimum absolute atomic E-state index is 0.445. The van der Waals surface area contributed by atoms with E-state index in [2.05, 4.69) is 0 Å². The molecule has 0 amide bonds. The van der Waals surface area contributed by atoms with E-state index in [1.807, 2.05) is 59.5 Å². The molecule has 3 rings (SSSR count). The molecule has 3 heteroatoms. The Balaban J connectivity index is 2.09. The van der Waals surface area contributed by atoms with Gasteiger partial charge in [-0.2, -0.15) is 0 Å². The molecule has 1 aliphatic rings. The van der Waals surface area contributed by atoms with Crippen LogP contribution in [-0.4, -0.2) is 6.35 Å². The molecule has 0 radical (unpaired) electrons. The van der Waals surface area contributed by atoms with E-state index in [0.29, 0.717) is 0 Å². The Morgan fingerprint density at radius 2 is 1.62 bits per heavy atom. The van der Waals surface area contributed by atoms with Crippen LogP contribution in [0.4, 0.5) is 11.4 Å². The summed E-state index contributed by atoms with van der Waals surface area (Å²) in [6.07, 6.45) is -0.445. The molecule has 1 heterocycles. The van der Waals surface area contributed by atoms with Crippen molar-refractivity contribution in [2.45, 2.75) is 6.35 Å². The van der Waals surface area contributed by atoms with Gasteiger partial charge in [-0.05, 0) is 24.3 Å². The van der Waals surface area contributed by atoms with Crippen LogP contribution in [0.25, 0.3) is 0 Å². The molecule has 80 valence electrons. The van der Waals surface area contributed by atoms with Gasteiger partial charge in [0.05, 0.1) is 5.69 Å². The molecule has 2 aromatic rings. The van der Waals surface area contributed by atoms with Crippen LogP contribution in [0, 0.1) is 0 Å². The molecule has 2 aromatic carbocycles. The van der Waals surface area contributed by atoms with Crippen LogP contribution in [0.15, 0.2) is 54.6 Å². The van der Waals surface area contributed by atoms with E-state index < -0.39 is 6.35 Å². The fraction of sp³-hybridized carbons (Fsp3) is 0.0769. The predicted molar refractivity (Wildman–Crippen MR) is 63.6 cm³/mol. The van der Waals surface area contributed by atoms with E-state index in [1.54, 1.807) is 0 Å². The van der Waals surface area contributed by atoms with Gasteiger partial charge in [0.2, 0.25) is 6.35 Å². The van der Waals surface area contributed by atoms with Crippen LogP contribution >= 0.6 is 0 Å². The van der Waals surface area contributed by atoms with Gasteiger partial charge >= 0.3 is 0 Å². The minimum atomic E-state index is -0.445. The molecule has 0 spiro atoms. The Hall–Kier alpha value is -2.00. The van der Waals surface area contributed by atoms with Gasteiger partial charge in [-0.15, -0.1) is 0 Å². The fourth-order valence-corrected chi connectivity index (χ4v) is 1.95. The molecule has 0 bridgehead atoms. The minimum Gasteiger partial charge on any atom is -0.455 e. The molecule has 1 atom stereocenters. The Morgan fingerprint density at radius 3 is 2.44 bits per heavy atom. The van der Waals surface area contributed by atoms with E-state index in [1.165, 1.54) is 0 Å². The molecule has 16 heavy (non-hydrogen) atoms. The third-order valence-corrected chi connectivity index (χ3v) is 2.66. The lowest BCUT2D eigenvalue weighted by molar-refractivity contribution is 0.243. The highest BCUT2D eigenvalue weighted by Crippen LogP contribution is 2.39. The highest BCUT2D eigenvalue weighted by molar-refractivity contribution is 5.72. The predicted octanol–water partition coefficient (Wildman–Crippen LogP) is 2.46. The van der Waals surface area contributed by atoms with E-state index >= 15 is 0 Å². The molecule has 0 saturated carbocycles. The third kappa shape index (κ3) is 1.33. The van der Waals surface area contributed by atoms with Crippen LogP contribution in [0.3, 0.4) is 0 Å². The number of hydrogen-bond acceptors (Lipinski definition) is 3. The molecule has 0 saturated heterocycles. The van der Waals surface area contributed by atoms with Gasteiger partial charge in [0.1, 0.15) is 5.75 Å². The van der Waals surface area contributed by atoms with E-state index in [0.717, 1.165) is 17.1 Å². The lowest BCUT2D eigenvalue weighted by Crippen LogP contribution is -2.38. The molecule has 1 unspecified atom stereocenters. The maximum atomic E-state index is 5.96. The normalized spacial score (nSPS) is 18.1. The van der Waals surface area contributed by atoms with Gasteiger partial charge in [0.15, 0.2) is 0 Å². The highest BCUT2D eigenvalue weighted by Gasteiger charge is 2.28. The summed E-state index contributed by atoms with van der Waals surface area (Å²) >= 11 is 0. The molecule has 3 nitrogen and oxygen atoms in total. The number of hydrogen-bond donors (Lipinski definition) is 1. The van der Waals surface area contributed by atoms with Gasteiger partial charge in [0, 0.05) is 5.69 Å². The largest absolute Gasteiger partial charge is 0.455 e. The quantitative estimate of drug-likeness (QED) is 0.789. The van der Waals surface area contributed by atoms with Crippen molar-refractivity contribution >= 4 is 11.4 Å². The third-order valence-electron chi connectivity index (χ3n) is 2.66. The first-order valence-electron chi connectivity index (χ1n) is 5.22. The Kier molecular flexibility index (Phi) is 2.04. The van der Waals surface area contributed by atoms with Crippen LogP contribution in [0.1, 0.15) is 0 Å². The van der Waals surface area contributed by atoms with Gasteiger partial charge in [-0.1, -0.05) is 30.3 Å². The maximum absolute atomic E-state index is 5.96. The van der Waals surface area contributed by atoms with E-state index in [-0.39, 0.29) is 0 Å². The number of rotatable bonds is 1. The summed E-state index contributed by atoms with van der Waals surface area (Å²) < 4.78 is 5.58. The number of para-hydroxylation sites is 3. The van der Waals surface area contributed by atoms with Gasteiger partial charge in [-0.25, -0.2) is 0 Å². The lowest BCUT2D eigenvalue weighted by Gasteiger charge is -2.21. The van der Waals surface area contributed by atoms with Crippen molar-refractivity contribution in [1.82, 2.24) is 0 Å². The zero-order valence-electron chi connectivity index (χ0n) is 8.71. The average molecular weight is 212 g/mol. The summed E-state index contributed by atoms with van der Waals surface area (Å²) in [5.41, 5.74) is 8.02. The van der Waals surface area contributed by atoms with Crippen LogP contribution < -0.4 is 15.4 Å². The summed E-state index contributed by atoms with van der Waals surface area (Å²) in [6.45, 7) is 0. The molecule has 1 aliphatic heterocycles. The summed E-state index contributed by atoms with van der Waals surface area (Å²) in [5.74, 6) is 0.832. The summed E-state index contributed by atoms with van der Waals surface area (Å²) in [4.78, 5) is 1.98. The van der Waals surface area contributed by atoms with E-state index in [4.69, 9.17) is 10.5 Å². The van der Waals surface area contributed by atoms with Crippen molar-refractivity contribution in [2.75, 3.05) is 4.90 Å². The number of nitrogens with zero attached hydrogens (tertiary/aromatic N) is 1. The monoisotopic (exact) mass is 212 g/mol. The summed E-state index contributed by atoms with van der Waals surface area (Å²) in [7, 11) is 0. The molecule has 2 N–H and O–H groups in total. The average Bonchev–Trinajstić information content (AvgIpc) is 2.66. The maximum Gasteiger partial charge on any atom is 0.232 e. The Morgan fingerprint density at radius 1 is 0.938 bits per heavy atom. The second kappa shape index (κ2) is 3.54. The van der Waals surface area contributed by atoms with Crippen molar-refractivity contribution in [3.8, 4) is 5.75 Å². The molecule has 0 aromatic heterocycles. The van der Waals surface area contributed by atoms with E-state index in [9.17, 15) is 0 Å². The number of ether oxygens (including phenoxy) is 1. The number of nitrogens with two attached hydrogens (primary N) is 1. The fourth-order valence-electron chi connectivity index (χ4n) is 1.95. The highest BCUT2D eigenvalue weighted by atomic mass is 16.5. The van der Waals surface area contributed by atoms with Crippen LogP contribution in [0.5, 0.6) is 5.75 Å². The SMILES string of the molecule is NC1Oc2ccccc2N1c1ccccc1. The van der Waals surface area contributed by atoms with Crippen LogP contribution in [0.2, 0.25) is 0 Å². The second-order valence-electron chi connectivity index (χ2n) is 3.68. The number of fused-ring (bicyclic) bond motifs is 1. The Bertz CT molecular complexity index is 498. The summed E-state index contributed by atoms with van der Waals surface area (Å²) in [6, 6.07) is 17.9. The zero-order chi connectivity index (χ0) is 11.0. The molecular weight excluding hydrogens is 200 g/mol. The van der Waals surface area contributed by atoms with Crippen molar-refractivity contribution in [3.63, 3.8) is 0 Å². The smallest absolute Gasteiger partial charge is 0.232 e. The van der Waals surface area contributed by atoms with Gasteiger partial charge < -0.3 is 4.74 Å². The summed E-state index contributed by atoms with van der Waals surface area (Å²) in [5, 5.41) is 0. The van der Waals surface area contributed by atoms with Gasteiger partial charge in [-0.3, -0.25) is 10.6 Å². The molecule has 0 aliphatic carbocycles. The topological polar surface area (TPSA) is 38.5 Å².